The molecule has 3 nitrogen and oxygen atoms in total. The Bertz CT molecular complexity index is 804. The molecular formula is C20H21ClN2OS. The van der Waals surface area contributed by atoms with Crippen LogP contribution < -0.4 is 5.32 Å². The van der Waals surface area contributed by atoms with Crippen molar-refractivity contribution >= 4 is 34.0 Å². The SMILES string of the molecule is O=C(Nc1nc(C23C[C@@H]4C[C@@H](CC(Cl)(C4)C2)C3)cs1)c1ccccc1. The lowest BCUT2D eigenvalue weighted by molar-refractivity contribution is 0.00720. The summed E-state index contributed by atoms with van der Waals surface area (Å²) in [4.78, 5) is 17.2. The van der Waals surface area contributed by atoms with Crippen LogP contribution >= 0.6 is 22.9 Å². The van der Waals surface area contributed by atoms with E-state index in [1.54, 1.807) is 0 Å². The Balaban J connectivity index is 1.39. The number of amides is 1. The number of rotatable bonds is 3. The first-order valence-corrected chi connectivity index (χ1v) is 10.3. The van der Waals surface area contributed by atoms with E-state index >= 15 is 0 Å². The lowest BCUT2D eigenvalue weighted by Crippen LogP contribution is -2.55. The molecule has 2 aromatic rings. The molecule has 0 saturated heterocycles. The van der Waals surface area contributed by atoms with Gasteiger partial charge in [-0.3, -0.25) is 10.1 Å². The highest BCUT2D eigenvalue weighted by Crippen LogP contribution is 2.64. The van der Waals surface area contributed by atoms with Crippen molar-refractivity contribution in [3.63, 3.8) is 0 Å². The van der Waals surface area contributed by atoms with Crippen LogP contribution in [0.4, 0.5) is 5.13 Å². The van der Waals surface area contributed by atoms with Crippen molar-refractivity contribution < 1.29 is 4.79 Å². The van der Waals surface area contributed by atoms with E-state index in [9.17, 15) is 4.79 Å². The van der Waals surface area contributed by atoms with E-state index < -0.39 is 0 Å². The first-order valence-electron chi connectivity index (χ1n) is 9.05. The molecule has 1 aromatic heterocycles. The van der Waals surface area contributed by atoms with Crippen molar-refractivity contribution in [1.29, 1.82) is 0 Å². The van der Waals surface area contributed by atoms with Crippen molar-refractivity contribution in [2.75, 3.05) is 5.32 Å². The highest BCUT2D eigenvalue weighted by Gasteiger charge is 2.58. The lowest BCUT2D eigenvalue weighted by Gasteiger charge is -2.59. The molecule has 4 fully saturated rings. The van der Waals surface area contributed by atoms with Gasteiger partial charge in [0.25, 0.3) is 5.91 Å². The minimum Gasteiger partial charge on any atom is -0.298 e. The Kier molecular flexibility index (Phi) is 3.52. The van der Waals surface area contributed by atoms with Gasteiger partial charge in [-0.25, -0.2) is 4.98 Å². The Morgan fingerprint density at radius 3 is 2.56 bits per heavy atom. The molecule has 0 aliphatic heterocycles. The van der Waals surface area contributed by atoms with E-state index in [1.807, 2.05) is 30.3 Å². The number of halogens is 1. The molecule has 130 valence electrons. The summed E-state index contributed by atoms with van der Waals surface area (Å²) in [5.74, 6) is 1.41. The smallest absolute Gasteiger partial charge is 0.257 e. The second-order valence-electron chi connectivity index (χ2n) is 8.25. The number of alkyl halides is 1. The van der Waals surface area contributed by atoms with Gasteiger partial charge in [-0.05, 0) is 62.5 Å². The first kappa shape index (κ1) is 15.8. The molecule has 2 unspecified atom stereocenters. The molecule has 4 aliphatic carbocycles. The molecule has 25 heavy (non-hydrogen) atoms. The van der Waals surface area contributed by atoms with Crippen molar-refractivity contribution in [3.05, 3.63) is 47.0 Å². The van der Waals surface area contributed by atoms with Crippen LogP contribution in [0.1, 0.15) is 54.6 Å². The zero-order chi connectivity index (χ0) is 17.1. The van der Waals surface area contributed by atoms with Crippen LogP contribution in [0.2, 0.25) is 0 Å². The second kappa shape index (κ2) is 5.55. The van der Waals surface area contributed by atoms with Gasteiger partial charge in [-0.15, -0.1) is 22.9 Å². The number of hydrogen-bond donors (Lipinski definition) is 1. The van der Waals surface area contributed by atoms with Crippen molar-refractivity contribution in [3.8, 4) is 0 Å². The van der Waals surface area contributed by atoms with Crippen LogP contribution in [0.25, 0.3) is 0 Å². The van der Waals surface area contributed by atoms with E-state index in [-0.39, 0.29) is 16.2 Å². The molecule has 6 rings (SSSR count). The van der Waals surface area contributed by atoms with E-state index in [0.29, 0.717) is 10.7 Å². The van der Waals surface area contributed by atoms with Crippen LogP contribution in [0.5, 0.6) is 0 Å². The molecule has 1 N–H and O–H groups in total. The standard InChI is InChI=1S/C20H21ClN2OS/c21-20-9-13-6-14(10-20)8-19(7-13,12-20)16-11-25-18(22-16)23-17(24)15-4-2-1-3-5-15/h1-5,11,13-14H,6-10,12H2,(H,22,23,24)/t13-,14+,19?,20?. The highest BCUT2D eigenvalue weighted by molar-refractivity contribution is 7.14. The molecule has 1 aromatic carbocycles. The Hall–Kier alpha value is -1.39. The molecule has 4 aliphatic rings. The highest BCUT2D eigenvalue weighted by atomic mass is 35.5. The predicted octanol–water partition coefficient (Wildman–Crippen LogP) is 5.22. The van der Waals surface area contributed by atoms with E-state index in [4.69, 9.17) is 16.6 Å². The van der Waals surface area contributed by atoms with Gasteiger partial charge in [0.1, 0.15) is 0 Å². The summed E-state index contributed by atoms with van der Waals surface area (Å²) in [6, 6.07) is 9.29. The molecule has 4 atom stereocenters. The van der Waals surface area contributed by atoms with Gasteiger partial charge in [0.15, 0.2) is 5.13 Å². The fourth-order valence-electron chi connectivity index (χ4n) is 5.78. The minimum atomic E-state index is -0.0965. The number of hydrogen-bond acceptors (Lipinski definition) is 3. The summed E-state index contributed by atoms with van der Waals surface area (Å²) in [6.07, 6.45) is 7.17. The topological polar surface area (TPSA) is 42.0 Å². The number of thiazole rings is 1. The third-order valence-corrected chi connectivity index (χ3v) is 7.49. The number of carbonyl (C=O) groups excluding carboxylic acids is 1. The summed E-state index contributed by atoms with van der Waals surface area (Å²) in [7, 11) is 0. The second-order valence-corrected chi connectivity index (χ2v) is 9.91. The van der Waals surface area contributed by atoms with E-state index in [1.165, 1.54) is 43.4 Å². The maximum absolute atomic E-state index is 12.4. The minimum absolute atomic E-state index is 0.0127. The van der Waals surface area contributed by atoms with E-state index in [2.05, 4.69) is 10.7 Å². The molecule has 4 bridgehead atoms. The number of benzene rings is 1. The number of nitrogens with zero attached hydrogens (tertiary/aromatic N) is 1. The maximum atomic E-state index is 12.4. The number of nitrogens with one attached hydrogen (secondary N) is 1. The van der Waals surface area contributed by atoms with Gasteiger partial charge in [0.2, 0.25) is 0 Å². The van der Waals surface area contributed by atoms with Gasteiger partial charge in [-0.1, -0.05) is 18.2 Å². The average Bonchev–Trinajstić information content (AvgIpc) is 3.03. The quantitative estimate of drug-likeness (QED) is 0.750. The molecule has 5 heteroatoms. The predicted molar refractivity (Wildman–Crippen MR) is 101 cm³/mol. The maximum Gasteiger partial charge on any atom is 0.257 e. The monoisotopic (exact) mass is 372 g/mol. The van der Waals surface area contributed by atoms with Crippen LogP contribution in [-0.4, -0.2) is 15.8 Å². The number of anilines is 1. The fraction of sp³-hybridized carbons (Fsp3) is 0.500. The number of aromatic nitrogens is 1. The first-order chi connectivity index (χ1) is 12.0. The molecule has 1 heterocycles. The average molecular weight is 373 g/mol. The van der Waals surface area contributed by atoms with Gasteiger partial charge >= 0.3 is 0 Å². The molecule has 4 saturated carbocycles. The normalized spacial score (nSPS) is 35.7. The summed E-state index contributed by atoms with van der Waals surface area (Å²) < 4.78 is 0. The van der Waals surface area contributed by atoms with Crippen LogP contribution in [0, 0.1) is 11.8 Å². The van der Waals surface area contributed by atoms with Gasteiger partial charge in [0, 0.05) is 21.2 Å². The summed E-state index contributed by atoms with van der Waals surface area (Å²) in [5.41, 5.74) is 1.95. The zero-order valence-electron chi connectivity index (χ0n) is 14.0. The summed E-state index contributed by atoms with van der Waals surface area (Å²) >= 11 is 8.48. The molecule has 0 radical (unpaired) electrons. The van der Waals surface area contributed by atoms with Crippen molar-refractivity contribution in [2.24, 2.45) is 11.8 Å². The van der Waals surface area contributed by atoms with Gasteiger partial charge in [0.05, 0.1) is 5.69 Å². The lowest BCUT2D eigenvalue weighted by atomic mass is 9.48. The summed E-state index contributed by atoms with van der Waals surface area (Å²) in [5, 5.41) is 5.80. The zero-order valence-corrected chi connectivity index (χ0v) is 15.6. The fourth-order valence-corrected chi connectivity index (χ4v) is 7.30. The van der Waals surface area contributed by atoms with Crippen LogP contribution in [-0.2, 0) is 5.41 Å². The van der Waals surface area contributed by atoms with Gasteiger partial charge in [-0.2, -0.15) is 0 Å². The number of carbonyl (C=O) groups is 1. The Labute approximate surface area is 156 Å². The third-order valence-electron chi connectivity index (χ3n) is 6.29. The Morgan fingerprint density at radius 2 is 1.88 bits per heavy atom. The van der Waals surface area contributed by atoms with Crippen LogP contribution in [0.15, 0.2) is 35.7 Å². The molecular weight excluding hydrogens is 352 g/mol. The van der Waals surface area contributed by atoms with Crippen molar-refractivity contribution in [1.82, 2.24) is 4.98 Å². The third kappa shape index (κ3) is 2.70. The Morgan fingerprint density at radius 1 is 1.16 bits per heavy atom. The summed E-state index contributed by atoms with van der Waals surface area (Å²) in [6.45, 7) is 0. The van der Waals surface area contributed by atoms with Crippen LogP contribution in [0.3, 0.4) is 0 Å². The van der Waals surface area contributed by atoms with E-state index in [0.717, 1.165) is 24.0 Å². The van der Waals surface area contributed by atoms with Gasteiger partial charge < -0.3 is 0 Å². The largest absolute Gasteiger partial charge is 0.298 e. The molecule has 0 spiro atoms. The van der Waals surface area contributed by atoms with Crippen molar-refractivity contribution in [2.45, 2.75) is 48.8 Å². The molecule has 1 amide bonds.